The number of anilines is 1. The van der Waals surface area contributed by atoms with Crippen molar-refractivity contribution in [3.8, 4) is 0 Å². The van der Waals surface area contributed by atoms with Crippen LogP contribution in [-0.2, 0) is 0 Å². The number of hydrogen-bond donors (Lipinski definition) is 1. The second kappa shape index (κ2) is 4.42. The molecule has 0 aromatic heterocycles. The zero-order valence-electron chi connectivity index (χ0n) is 8.92. The first-order valence-electron chi connectivity index (χ1n) is 4.73. The van der Waals surface area contributed by atoms with Crippen molar-refractivity contribution in [3.63, 3.8) is 0 Å². The summed E-state index contributed by atoms with van der Waals surface area (Å²) in [5, 5.41) is 0. The van der Waals surface area contributed by atoms with E-state index < -0.39 is 0 Å². The first-order chi connectivity index (χ1) is 6.56. The van der Waals surface area contributed by atoms with E-state index in [9.17, 15) is 4.39 Å². The number of nitrogens with zero attached hydrogens (tertiary/aromatic N) is 1. The van der Waals surface area contributed by atoms with Gasteiger partial charge in [-0.25, -0.2) is 4.39 Å². The van der Waals surface area contributed by atoms with Crippen molar-refractivity contribution in [1.29, 1.82) is 0 Å². The SMILES string of the molecule is CC(CN)c1cc(F)ccc1N(C)C. The summed E-state index contributed by atoms with van der Waals surface area (Å²) in [4.78, 5) is 1.97. The van der Waals surface area contributed by atoms with Crippen LogP contribution in [0.15, 0.2) is 18.2 Å². The van der Waals surface area contributed by atoms with Crippen molar-refractivity contribution in [2.45, 2.75) is 12.8 Å². The molecule has 0 aliphatic heterocycles. The van der Waals surface area contributed by atoms with E-state index in [4.69, 9.17) is 5.73 Å². The van der Waals surface area contributed by atoms with Crippen LogP contribution >= 0.6 is 0 Å². The fourth-order valence-electron chi connectivity index (χ4n) is 1.45. The standard InChI is InChI=1S/C11H17FN2/c1-8(7-13)10-6-9(12)4-5-11(10)14(2)3/h4-6,8H,7,13H2,1-3H3. The highest BCUT2D eigenvalue weighted by atomic mass is 19.1. The number of benzene rings is 1. The van der Waals surface area contributed by atoms with Gasteiger partial charge in [-0.3, -0.25) is 0 Å². The van der Waals surface area contributed by atoms with E-state index in [-0.39, 0.29) is 11.7 Å². The number of halogens is 1. The third-order valence-electron chi connectivity index (χ3n) is 2.36. The Labute approximate surface area is 84.5 Å². The van der Waals surface area contributed by atoms with Gasteiger partial charge in [0.05, 0.1) is 0 Å². The first-order valence-corrected chi connectivity index (χ1v) is 4.73. The monoisotopic (exact) mass is 196 g/mol. The van der Waals surface area contributed by atoms with Crippen LogP contribution in [0.25, 0.3) is 0 Å². The Hall–Kier alpha value is -1.09. The molecule has 1 atom stereocenters. The molecule has 0 radical (unpaired) electrons. The highest BCUT2D eigenvalue weighted by Crippen LogP contribution is 2.26. The summed E-state index contributed by atoms with van der Waals surface area (Å²) in [6.45, 7) is 2.53. The summed E-state index contributed by atoms with van der Waals surface area (Å²) in [5.41, 5.74) is 7.58. The quantitative estimate of drug-likeness (QED) is 0.800. The van der Waals surface area contributed by atoms with Gasteiger partial charge in [0.2, 0.25) is 0 Å². The van der Waals surface area contributed by atoms with Crippen molar-refractivity contribution >= 4 is 5.69 Å². The predicted molar refractivity (Wildman–Crippen MR) is 58.2 cm³/mol. The zero-order valence-corrected chi connectivity index (χ0v) is 8.92. The van der Waals surface area contributed by atoms with Gasteiger partial charge in [0.15, 0.2) is 0 Å². The molecule has 0 aliphatic carbocycles. The van der Waals surface area contributed by atoms with Gasteiger partial charge in [0.25, 0.3) is 0 Å². The van der Waals surface area contributed by atoms with E-state index in [1.165, 1.54) is 6.07 Å². The Kier molecular flexibility index (Phi) is 3.47. The molecule has 1 unspecified atom stereocenters. The largest absolute Gasteiger partial charge is 0.377 e. The molecule has 0 saturated carbocycles. The van der Waals surface area contributed by atoms with Crippen molar-refractivity contribution in [1.82, 2.24) is 0 Å². The number of rotatable bonds is 3. The van der Waals surface area contributed by atoms with E-state index in [0.717, 1.165) is 11.3 Å². The van der Waals surface area contributed by atoms with E-state index >= 15 is 0 Å². The predicted octanol–water partition coefficient (Wildman–Crippen LogP) is 1.95. The van der Waals surface area contributed by atoms with E-state index in [1.54, 1.807) is 12.1 Å². The molecule has 1 aromatic rings. The van der Waals surface area contributed by atoms with Crippen LogP contribution in [0.2, 0.25) is 0 Å². The van der Waals surface area contributed by atoms with Gasteiger partial charge in [-0.05, 0) is 36.2 Å². The highest BCUT2D eigenvalue weighted by molar-refractivity contribution is 5.54. The maximum atomic E-state index is 13.0. The summed E-state index contributed by atoms with van der Waals surface area (Å²) >= 11 is 0. The smallest absolute Gasteiger partial charge is 0.123 e. The van der Waals surface area contributed by atoms with Crippen molar-refractivity contribution in [2.24, 2.45) is 5.73 Å². The topological polar surface area (TPSA) is 29.3 Å². The van der Waals surface area contributed by atoms with E-state index in [2.05, 4.69) is 0 Å². The molecule has 0 saturated heterocycles. The molecule has 0 fully saturated rings. The normalized spacial score (nSPS) is 12.6. The fraction of sp³-hybridized carbons (Fsp3) is 0.455. The van der Waals surface area contributed by atoms with Crippen molar-refractivity contribution in [3.05, 3.63) is 29.6 Å². The van der Waals surface area contributed by atoms with Crippen LogP contribution in [0.5, 0.6) is 0 Å². The second-order valence-corrected chi connectivity index (χ2v) is 3.73. The summed E-state index contributed by atoms with van der Waals surface area (Å²) in [5.74, 6) is -0.0194. The Morgan fingerprint density at radius 2 is 2.07 bits per heavy atom. The van der Waals surface area contributed by atoms with Crippen LogP contribution < -0.4 is 10.6 Å². The van der Waals surface area contributed by atoms with Crippen LogP contribution in [0, 0.1) is 5.82 Å². The lowest BCUT2D eigenvalue weighted by Gasteiger charge is -2.20. The second-order valence-electron chi connectivity index (χ2n) is 3.73. The van der Waals surface area contributed by atoms with Crippen molar-refractivity contribution < 1.29 is 4.39 Å². The van der Waals surface area contributed by atoms with Gasteiger partial charge < -0.3 is 10.6 Å². The summed E-state index contributed by atoms with van der Waals surface area (Å²) in [6, 6.07) is 4.83. The minimum Gasteiger partial charge on any atom is -0.377 e. The molecule has 78 valence electrons. The van der Waals surface area contributed by atoms with Crippen molar-refractivity contribution in [2.75, 3.05) is 25.5 Å². The highest BCUT2D eigenvalue weighted by Gasteiger charge is 2.11. The first kappa shape index (κ1) is 11.0. The number of nitrogens with two attached hydrogens (primary N) is 1. The lowest BCUT2D eigenvalue weighted by Crippen LogP contribution is -2.16. The lowest BCUT2D eigenvalue weighted by molar-refractivity contribution is 0.621. The summed E-state index contributed by atoms with van der Waals surface area (Å²) in [6.07, 6.45) is 0. The van der Waals surface area contributed by atoms with Crippen LogP contribution in [0.3, 0.4) is 0 Å². The van der Waals surface area contributed by atoms with Gasteiger partial charge >= 0.3 is 0 Å². The molecule has 1 rings (SSSR count). The molecule has 2 nitrogen and oxygen atoms in total. The van der Waals surface area contributed by atoms with E-state index in [1.807, 2.05) is 25.9 Å². The molecule has 2 N–H and O–H groups in total. The average Bonchev–Trinajstić information content (AvgIpc) is 2.16. The minimum atomic E-state index is -0.203. The van der Waals surface area contributed by atoms with Crippen LogP contribution in [0.1, 0.15) is 18.4 Å². The molecule has 1 aromatic carbocycles. The van der Waals surface area contributed by atoms with Gasteiger partial charge in [-0.1, -0.05) is 6.92 Å². The molecule has 3 heteroatoms. The van der Waals surface area contributed by atoms with Gasteiger partial charge in [-0.15, -0.1) is 0 Å². The fourth-order valence-corrected chi connectivity index (χ4v) is 1.45. The number of hydrogen-bond acceptors (Lipinski definition) is 2. The van der Waals surface area contributed by atoms with Crippen LogP contribution in [-0.4, -0.2) is 20.6 Å². The zero-order chi connectivity index (χ0) is 10.7. The molecular formula is C11H17FN2. The lowest BCUT2D eigenvalue weighted by atomic mass is 9.99. The Morgan fingerprint density at radius 1 is 1.43 bits per heavy atom. The summed E-state index contributed by atoms with van der Waals surface area (Å²) < 4.78 is 13.0. The van der Waals surface area contributed by atoms with E-state index in [0.29, 0.717) is 6.54 Å². The summed E-state index contributed by atoms with van der Waals surface area (Å²) in [7, 11) is 3.89. The molecule has 0 aliphatic rings. The third-order valence-corrected chi connectivity index (χ3v) is 2.36. The Balaban J connectivity index is 3.15. The van der Waals surface area contributed by atoms with Gasteiger partial charge in [-0.2, -0.15) is 0 Å². The molecule has 14 heavy (non-hydrogen) atoms. The molecule has 0 amide bonds. The van der Waals surface area contributed by atoms with Crippen LogP contribution in [0.4, 0.5) is 10.1 Å². The molecule has 0 heterocycles. The van der Waals surface area contributed by atoms with Gasteiger partial charge in [0.1, 0.15) is 5.82 Å². The minimum absolute atomic E-state index is 0.183. The Morgan fingerprint density at radius 3 is 2.57 bits per heavy atom. The third kappa shape index (κ3) is 2.23. The average molecular weight is 196 g/mol. The maximum absolute atomic E-state index is 13.0. The maximum Gasteiger partial charge on any atom is 0.123 e. The van der Waals surface area contributed by atoms with Gasteiger partial charge in [0, 0.05) is 19.8 Å². The Bertz CT molecular complexity index is 310. The molecular weight excluding hydrogens is 179 g/mol. The molecule has 0 spiro atoms. The molecule has 0 bridgehead atoms.